The number of aryl methyl sites for hydroxylation is 2. The van der Waals surface area contributed by atoms with E-state index >= 15 is 0 Å². The Hall–Kier alpha value is -1.64. The molecule has 156 valence electrons. The number of urea groups is 1. The van der Waals surface area contributed by atoms with Crippen molar-refractivity contribution in [2.45, 2.75) is 63.5 Å². The minimum Gasteiger partial charge on any atom is -0.412 e. The SMILES string of the molecule is CCN1CCC(S(=O)(=O)NC(=O)Nc2c3c(cc4c2CCC4)CCC3)CC1.O. The number of rotatable bonds is 4. The zero-order valence-corrected chi connectivity index (χ0v) is 17.3. The van der Waals surface area contributed by atoms with E-state index in [-0.39, 0.29) is 5.48 Å². The first-order valence-corrected chi connectivity index (χ1v) is 11.7. The molecule has 0 unspecified atom stereocenters. The van der Waals surface area contributed by atoms with Crippen molar-refractivity contribution < 1.29 is 18.7 Å². The molecule has 4 N–H and O–H groups in total. The maximum absolute atomic E-state index is 12.7. The van der Waals surface area contributed by atoms with Gasteiger partial charge in [0.05, 0.1) is 5.25 Å². The number of nitrogens with one attached hydrogen (secondary N) is 2. The molecule has 0 aromatic heterocycles. The smallest absolute Gasteiger partial charge is 0.332 e. The van der Waals surface area contributed by atoms with Gasteiger partial charge in [-0.3, -0.25) is 0 Å². The van der Waals surface area contributed by atoms with Crippen molar-refractivity contribution in [1.82, 2.24) is 9.62 Å². The second kappa shape index (κ2) is 8.39. The zero-order valence-electron chi connectivity index (χ0n) is 16.5. The molecule has 0 bridgehead atoms. The Balaban J connectivity index is 0.00000225. The van der Waals surface area contributed by atoms with Crippen molar-refractivity contribution in [2.24, 2.45) is 0 Å². The number of fused-ring (bicyclic) bond motifs is 2. The van der Waals surface area contributed by atoms with Crippen molar-refractivity contribution in [3.8, 4) is 0 Å². The lowest BCUT2D eigenvalue weighted by atomic mass is 9.99. The summed E-state index contributed by atoms with van der Waals surface area (Å²) in [7, 11) is -3.65. The molecule has 8 heteroatoms. The maximum Gasteiger partial charge on any atom is 0.332 e. The summed E-state index contributed by atoms with van der Waals surface area (Å²) in [4.78, 5) is 14.8. The molecule has 0 atom stereocenters. The minimum absolute atomic E-state index is 0. The Bertz CT molecular complexity index is 813. The van der Waals surface area contributed by atoms with E-state index in [9.17, 15) is 13.2 Å². The fraction of sp³-hybridized carbons (Fsp3) is 0.650. The summed E-state index contributed by atoms with van der Waals surface area (Å²) in [6.07, 6.45) is 7.37. The summed E-state index contributed by atoms with van der Waals surface area (Å²) in [5.41, 5.74) is 5.94. The molecule has 1 heterocycles. The summed E-state index contributed by atoms with van der Waals surface area (Å²) >= 11 is 0. The first kappa shape index (κ1) is 21.1. The van der Waals surface area contributed by atoms with E-state index in [2.05, 4.69) is 27.9 Å². The van der Waals surface area contributed by atoms with E-state index in [1.54, 1.807) is 0 Å². The number of hydrogen-bond acceptors (Lipinski definition) is 4. The van der Waals surface area contributed by atoms with Crippen molar-refractivity contribution in [2.75, 3.05) is 25.0 Å². The van der Waals surface area contributed by atoms with E-state index in [1.165, 1.54) is 22.3 Å². The van der Waals surface area contributed by atoms with E-state index in [1.807, 2.05) is 0 Å². The number of carbonyl (C=O) groups excluding carboxylic acids is 1. The molecular formula is C20H31N3O4S. The van der Waals surface area contributed by atoms with Gasteiger partial charge in [0.2, 0.25) is 10.0 Å². The second-order valence-corrected chi connectivity index (χ2v) is 9.93. The molecular weight excluding hydrogens is 378 g/mol. The van der Waals surface area contributed by atoms with Crippen LogP contribution in [0.1, 0.15) is 54.9 Å². The molecule has 2 aliphatic carbocycles. The molecule has 0 radical (unpaired) electrons. The lowest BCUT2D eigenvalue weighted by molar-refractivity contribution is 0.240. The van der Waals surface area contributed by atoms with Gasteiger partial charge < -0.3 is 15.7 Å². The first-order valence-electron chi connectivity index (χ1n) is 10.2. The molecule has 1 fully saturated rings. The van der Waals surface area contributed by atoms with Crippen LogP contribution in [-0.2, 0) is 35.7 Å². The maximum atomic E-state index is 12.7. The highest BCUT2D eigenvalue weighted by molar-refractivity contribution is 7.90. The number of amides is 2. The van der Waals surface area contributed by atoms with Crippen LogP contribution in [0.15, 0.2) is 6.07 Å². The molecule has 2 amide bonds. The molecule has 3 aliphatic rings. The third-order valence-electron chi connectivity index (χ3n) is 6.37. The van der Waals surface area contributed by atoms with Gasteiger partial charge in [0, 0.05) is 5.69 Å². The van der Waals surface area contributed by atoms with Crippen molar-refractivity contribution in [3.63, 3.8) is 0 Å². The Labute approximate surface area is 167 Å². The van der Waals surface area contributed by atoms with Crippen LogP contribution in [0.25, 0.3) is 0 Å². The highest BCUT2D eigenvalue weighted by Gasteiger charge is 2.32. The lowest BCUT2D eigenvalue weighted by Crippen LogP contribution is -2.46. The van der Waals surface area contributed by atoms with Gasteiger partial charge in [-0.1, -0.05) is 13.0 Å². The number of piperidine rings is 1. The number of likely N-dealkylation sites (tertiary alicyclic amines) is 1. The van der Waals surface area contributed by atoms with Crippen LogP contribution in [0.5, 0.6) is 0 Å². The number of benzene rings is 1. The Morgan fingerprint density at radius 1 is 1.07 bits per heavy atom. The highest BCUT2D eigenvalue weighted by atomic mass is 32.2. The predicted molar refractivity (Wildman–Crippen MR) is 110 cm³/mol. The minimum atomic E-state index is -3.65. The molecule has 0 spiro atoms. The van der Waals surface area contributed by atoms with Crippen molar-refractivity contribution in [1.29, 1.82) is 0 Å². The van der Waals surface area contributed by atoms with Gasteiger partial charge in [0.1, 0.15) is 0 Å². The second-order valence-electron chi connectivity index (χ2n) is 7.97. The van der Waals surface area contributed by atoms with Gasteiger partial charge in [0.15, 0.2) is 0 Å². The van der Waals surface area contributed by atoms with Gasteiger partial charge >= 0.3 is 6.03 Å². The number of carbonyl (C=O) groups is 1. The van der Waals surface area contributed by atoms with Crippen LogP contribution in [0.4, 0.5) is 10.5 Å². The predicted octanol–water partition coefficient (Wildman–Crippen LogP) is 1.77. The van der Waals surface area contributed by atoms with Crippen molar-refractivity contribution in [3.05, 3.63) is 28.3 Å². The largest absolute Gasteiger partial charge is 0.412 e. The molecule has 1 aromatic carbocycles. The molecule has 4 rings (SSSR count). The average molecular weight is 410 g/mol. The summed E-state index contributed by atoms with van der Waals surface area (Å²) in [5, 5.41) is 2.43. The van der Waals surface area contributed by atoms with Gasteiger partial charge in [-0.15, -0.1) is 0 Å². The van der Waals surface area contributed by atoms with Crippen LogP contribution in [0.3, 0.4) is 0 Å². The van der Waals surface area contributed by atoms with E-state index < -0.39 is 21.3 Å². The van der Waals surface area contributed by atoms with Crippen LogP contribution in [-0.4, -0.2) is 49.7 Å². The van der Waals surface area contributed by atoms with Crippen LogP contribution < -0.4 is 10.0 Å². The summed E-state index contributed by atoms with van der Waals surface area (Å²) < 4.78 is 27.6. The third-order valence-corrected chi connectivity index (χ3v) is 8.19. The van der Waals surface area contributed by atoms with E-state index in [0.29, 0.717) is 12.8 Å². The molecule has 0 saturated carbocycles. The standard InChI is InChI=1S/C20H29N3O3S.H2O/c1-2-23-11-9-16(10-12-23)27(25,26)22-20(24)21-19-17-7-3-5-14(17)13-15-6-4-8-18(15)19;/h13,16H,2-12H2,1H3,(H2,21,22,24);1H2. The number of anilines is 1. The van der Waals surface area contributed by atoms with E-state index in [0.717, 1.165) is 63.8 Å². The van der Waals surface area contributed by atoms with Crippen molar-refractivity contribution >= 4 is 21.7 Å². The van der Waals surface area contributed by atoms with Gasteiger partial charge in [0.25, 0.3) is 0 Å². The highest BCUT2D eigenvalue weighted by Crippen LogP contribution is 2.38. The Kier molecular flexibility index (Phi) is 6.31. The van der Waals surface area contributed by atoms with Crippen LogP contribution >= 0.6 is 0 Å². The average Bonchev–Trinajstić information content (AvgIpc) is 3.30. The number of nitrogens with zero attached hydrogens (tertiary/aromatic N) is 1. The number of sulfonamides is 1. The fourth-order valence-electron chi connectivity index (χ4n) is 4.85. The zero-order chi connectivity index (χ0) is 19.0. The molecule has 28 heavy (non-hydrogen) atoms. The quantitative estimate of drug-likeness (QED) is 0.790. The summed E-state index contributed by atoms with van der Waals surface area (Å²) in [6, 6.07) is 1.69. The Morgan fingerprint density at radius 2 is 1.64 bits per heavy atom. The van der Waals surface area contributed by atoms with Crippen LogP contribution in [0, 0.1) is 0 Å². The van der Waals surface area contributed by atoms with E-state index in [4.69, 9.17) is 0 Å². The van der Waals surface area contributed by atoms with Gasteiger partial charge in [-0.05, 0) is 93.3 Å². The monoisotopic (exact) mass is 409 g/mol. The summed E-state index contributed by atoms with van der Waals surface area (Å²) in [6.45, 7) is 4.55. The molecule has 1 saturated heterocycles. The fourth-order valence-corrected chi connectivity index (χ4v) is 6.16. The normalized spacial score (nSPS) is 19.6. The molecule has 7 nitrogen and oxygen atoms in total. The topological polar surface area (TPSA) is 110 Å². The van der Waals surface area contributed by atoms with Crippen LogP contribution in [0.2, 0.25) is 0 Å². The number of hydrogen-bond donors (Lipinski definition) is 2. The van der Waals surface area contributed by atoms with Gasteiger partial charge in [-0.25, -0.2) is 17.9 Å². The van der Waals surface area contributed by atoms with Gasteiger partial charge in [-0.2, -0.15) is 0 Å². The lowest BCUT2D eigenvalue weighted by Gasteiger charge is -2.30. The summed E-state index contributed by atoms with van der Waals surface area (Å²) in [5.74, 6) is 0. The molecule has 1 aliphatic heterocycles. The molecule has 1 aromatic rings. The third kappa shape index (κ3) is 4.04. The first-order chi connectivity index (χ1) is 13.0. The Morgan fingerprint density at radius 3 is 2.18 bits per heavy atom.